The van der Waals surface area contributed by atoms with E-state index in [4.69, 9.17) is 16.6 Å². The summed E-state index contributed by atoms with van der Waals surface area (Å²) in [6, 6.07) is 9.18. The van der Waals surface area contributed by atoms with Crippen LogP contribution in [-0.2, 0) is 9.59 Å². The van der Waals surface area contributed by atoms with E-state index >= 15 is 0 Å². The van der Waals surface area contributed by atoms with Gasteiger partial charge in [0.05, 0.1) is 17.1 Å². The van der Waals surface area contributed by atoms with E-state index in [1.807, 2.05) is 0 Å². The Bertz CT molecular complexity index is 937. The number of nitrogens with one attached hydrogen (secondary N) is 1. The standard InChI is InChI=1S/C18H14N2O5S2/c21-15(19-12-4-1-3-11(9-12)17(23)24)6-7-20-16(22)14(27-18(20)26)10-13-5-2-8-25-13/h1-5,8-10H,6-7H2,(H,19,21)(H,23,24)/p-1. The van der Waals surface area contributed by atoms with Gasteiger partial charge in [-0.05, 0) is 29.8 Å². The molecule has 9 heteroatoms. The van der Waals surface area contributed by atoms with Gasteiger partial charge >= 0.3 is 0 Å². The van der Waals surface area contributed by atoms with Crippen molar-refractivity contribution in [1.82, 2.24) is 4.90 Å². The maximum atomic E-state index is 12.4. The molecule has 2 heterocycles. The Morgan fingerprint density at radius 2 is 2.11 bits per heavy atom. The van der Waals surface area contributed by atoms with Gasteiger partial charge in [0.25, 0.3) is 5.91 Å². The second-order valence-electron chi connectivity index (χ2n) is 5.52. The number of carboxylic acid groups (broad SMARTS) is 1. The molecule has 0 atom stereocenters. The maximum Gasteiger partial charge on any atom is 0.266 e. The van der Waals surface area contributed by atoms with Gasteiger partial charge in [0.15, 0.2) is 0 Å². The molecule has 0 aliphatic carbocycles. The third-order valence-corrected chi connectivity index (χ3v) is 5.01. The monoisotopic (exact) mass is 401 g/mol. The van der Waals surface area contributed by atoms with Crippen molar-refractivity contribution < 1.29 is 23.9 Å². The zero-order valence-corrected chi connectivity index (χ0v) is 15.5. The van der Waals surface area contributed by atoms with Crippen LogP contribution in [0.5, 0.6) is 0 Å². The molecule has 2 amide bonds. The summed E-state index contributed by atoms with van der Waals surface area (Å²) in [6.45, 7) is 0.117. The van der Waals surface area contributed by atoms with Crippen molar-refractivity contribution in [2.24, 2.45) is 0 Å². The number of hydrogen-bond acceptors (Lipinski definition) is 7. The second kappa shape index (κ2) is 8.19. The molecule has 1 aliphatic heterocycles. The Hall–Kier alpha value is -2.91. The van der Waals surface area contributed by atoms with E-state index < -0.39 is 5.97 Å². The fourth-order valence-electron chi connectivity index (χ4n) is 2.36. The van der Waals surface area contributed by atoms with Crippen LogP contribution in [0.4, 0.5) is 5.69 Å². The van der Waals surface area contributed by atoms with E-state index in [1.165, 1.54) is 29.4 Å². The predicted molar refractivity (Wildman–Crippen MR) is 103 cm³/mol. The van der Waals surface area contributed by atoms with E-state index in [0.717, 1.165) is 11.8 Å². The number of carbonyl (C=O) groups excluding carboxylic acids is 3. The zero-order valence-electron chi connectivity index (χ0n) is 13.8. The van der Waals surface area contributed by atoms with E-state index in [2.05, 4.69) is 5.32 Å². The molecule has 0 radical (unpaired) electrons. The quantitative estimate of drug-likeness (QED) is 0.582. The first kappa shape index (κ1) is 18.9. The average Bonchev–Trinajstić information content (AvgIpc) is 3.23. The van der Waals surface area contributed by atoms with Crippen LogP contribution in [0, 0.1) is 0 Å². The lowest BCUT2D eigenvalue weighted by molar-refractivity contribution is -0.255. The summed E-state index contributed by atoms with van der Waals surface area (Å²) >= 11 is 6.36. The molecule has 3 rings (SSSR count). The molecule has 7 nitrogen and oxygen atoms in total. The number of rotatable bonds is 6. The second-order valence-corrected chi connectivity index (χ2v) is 7.19. The SMILES string of the molecule is O=C(CCN1C(=O)C(=Cc2ccco2)SC1=S)Nc1cccc(C(=O)[O-])c1. The number of carboxylic acids is 1. The number of aromatic carboxylic acids is 1. The highest BCUT2D eigenvalue weighted by Crippen LogP contribution is 2.32. The van der Waals surface area contributed by atoms with Crippen LogP contribution in [0.25, 0.3) is 6.08 Å². The lowest BCUT2D eigenvalue weighted by Gasteiger charge is -2.14. The number of anilines is 1. The molecule has 1 saturated heterocycles. The predicted octanol–water partition coefficient (Wildman–Crippen LogP) is 1.87. The molecule has 0 unspecified atom stereocenters. The van der Waals surface area contributed by atoms with E-state index in [0.29, 0.717) is 20.7 Å². The first-order valence-corrected chi connectivity index (χ1v) is 9.06. The normalized spacial score (nSPS) is 15.4. The summed E-state index contributed by atoms with van der Waals surface area (Å²) in [5.74, 6) is -1.43. The highest BCUT2D eigenvalue weighted by atomic mass is 32.2. The largest absolute Gasteiger partial charge is 0.545 e. The molecule has 0 bridgehead atoms. The van der Waals surface area contributed by atoms with Crippen molar-refractivity contribution in [2.45, 2.75) is 6.42 Å². The molecule has 138 valence electrons. The molecule has 1 N–H and O–H groups in total. The Balaban J connectivity index is 1.59. The Kier molecular flexibility index (Phi) is 5.72. The zero-order chi connectivity index (χ0) is 19.4. The third-order valence-electron chi connectivity index (χ3n) is 3.63. The van der Waals surface area contributed by atoms with Gasteiger partial charge in [-0.15, -0.1) is 0 Å². The van der Waals surface area contributed by atoms with Crippen LogP contribution in [0.15, 0.2) is 52.0 Å². The molecular weight excluding hydrogens is 388 g/mol. The lowest BCUT2D eigenvalue weighted by atomic mass is 10.2. The minimum absolute atomic E-state index is 0.00994. The summed E-state index contributed by atoms with van der Waals surface area (Å²) in [5.41, 5.74) is 0.303. The molecule has 1 aromatic heterocycles. The summed E-state index contributed by atoms with van der Waals surface area (Å²) < 4.78 is 5.56. The molecule has 27 heavy (non-hydrogen) atoms. The third kappa shape index (κ3) is 4.63. The van der Waals surface area contributed by atoms with Crippen molar-refractivity contribution in [3.05, 3.63) is 58.9 Å². The van der Waals surface area contributed by atoms with Gasteiger partial charge in [-0.25, -0.2) is 0 Å². The van der Waals surface area contributed by atoms with E-state index in [1.54, 1.807) is 24.3 Å². The topological polar surface area (TPSA) is 103 Å². The van der Waals surface area contributed by atoms with Crippen molar-refractivity contribution >= 4 is 57.8 Å². The number of furan rings is 1. The summed E-state index contributed by atoms with van der Waals surface area (Å²) in [5, 5.41) is 13.4. The van der Waals surface area contributed by atoms with Crippen LogP contribution in [0.1, 0.15) is 22.5 Å². The van der Waals surface area contributed by atoms with Crippen LogP contribution >= 0.6 is 24.0 Å². The van der Waals surface area contributed by atoms with Gasteiger partial charge in [0.1, 0.15) is 10.1 Å². The van der Waals surface area contributed by atoms with Crippen molar-refractivity contribution in [2.75, 3.05) is 11.9 Å². The number of amides is 2. The van der Waals surface area contributed by atoms with Crippen LogP contribution in [0.3, 0.4) is 0 Å². The molecule has 1 aromatic carbocycles. The number of benzene rings is 1. The minimum atomic E-state index is -1.33. The van der Waals surface area contributed by atoms with Gasteiger partial charge in [-0.3, -0.25) is 14.5 Å². The Morgan fingerprint density at radius 1 is 1.30 bits per heavy atom. The summed E-state index contributed by atoms with van der Waals surface area (Å²) in [6.07, 6.45) is 3.12. The fourth-order valence-corrected chi connectivity index (χ4v) is 3.64. The van der Waals surface area contributed by atoms with Crippen LogP contribution in [-0.4, -0.2) is 33.5 Å². The van der Waals surface area contributed by atoms with Gasteiger partial charge in [-0.1, -0.05) is 36.1 Å². The van der Waals surface area contributed by atoms with Gasteiger partial charge in [0, 0.05) is 24.7 Å². The molecule has 0 saturated carbocycles. The van der Waals surface area contributed by atoms with Crippen LogP contribution < -0.4 is 10.4 Å². The van der Waals surface area contributed by atoms with Crippen LogP contribution in [0.2, 0.25) is 0 Å². The maximum absolute atomic E-state index is 12.4. The van der Waals surface area contributed by atoms with Crippen molar-refractivity contribution in [3.8, 4) is 0 Å². The van der Waals surface area contributed by atoms with E-state index in [9.17, 15) is 19.5 Å². The van der Waals surface area contributed by atoms with Crippen molar-refractivity contribution in [1.29, 1.82) is 0 Å². The molecule has 0 spiro atoms. The summed E-state index contributed by atoms with van der Waals surface area (Å²) in [4.78, 5) is 37.2. The highest BCUT2D eigenvalue weighted by molar-refractivity contribution is 8.26. The first-order valence-electron chi connectivity index (χ1n) is 7.84. The van der Waals surface area contributed by atoms with Gasteiger partial charge < -0.3 is 19.6 Å². The number of thioether (sulfide) groups is 1. The van der Waals surface area contributed by atoms with Crippen molar-refractivity contribution in [3.63, 3.8) is 0 Å². The number of nitrogens with zero attached hydrogens (tertiary/aromatic N) is 1. The smallest absolute Gasteiger partial charge is 0.266 e. The first-order chi connectivity index (χ1) is 12.9. The lowest BCUT2D eigenvalue weighted by Crippen LogP contribution is -2.31. The van der Waals surface area contributed by atoms with Gasteiger partial charge in [-0.2, -0.15) is 0 Å². The number of thiocarbonyl (C=S) groups is 1. The fraction of sp³-hybridized carbons (Fsp3) is 0.111. The minimum Gasteiger partial charge on any atom is -0.545 e. The number of hydrogen-bond donors (Lipinski definition) is 1. The molecule has 1 aliphatic rings. The number of carbonyl (C=O) groups is 3. The molecular formula is C18H13N2O5S2-. The average molecular weight is 401 g/mol. The van der Waals surface area contributed by atoms with E-state index in [-0.39, 0.29) is 30.3 Å². The Labute approximate surface area is 164 Å². The molecule has 1 fully saturated rings. The molecule has 2 aromatic rings. The summed E-state index contributed by atoms with van der Waals surface area (Å²) in [7, 11) is 0. The Morgan fingerprint density at radius 3 is 2.81 bits per heavy atom. The highest BCUT2D eigenvalue weighted by Gasteiger charge is 2.32. The van der Waals surface area contributed by atoms with Gasteiger partial charge in [0.2, 0.25) is 5.91 Å².